The van der Waals surface area contributed by atoms with Gasteiger partial charge in [-0.2, -0.15) is 0 Å². The van der Waals surface area contributed by atoms with E-state index in [1.165, 1.54) is 5.57 Å². The number of hydrogen-bond donors (Lipinski definition) is 1. The standard InChI is InChI=1S/C43H64ClN3O4/c1-27(2)36-32(49)25-43(45-38(50)47(24-23-46(9)10)26-29-11-13-30(44)14-12-29)22-21-41(7)31(37(36)43)15-16-34-40(6)19-18-35(51-28(3)48)39(4,5)33(40)17-20-42(34,41)8/h11-14,27,31,33-35H,15-26H2,1-10H3,(H,45,50)/t31-,33+,34-,35+,40+,41-,42-,43?/m1/s1. The number of rotatable bonds is 8. The number of nitrogens with zero attached hydrogens (tertiary/aromatic N) is 2. The SMILES string of the molecule is CC(=O)O[C@H]1CC[C@]2(C)[C@H]3CC[C@@H]4C5=C(C(C)C)C(=O)CC5(NC(=O)N(CCN(C)C)Cc5ccc(Cl)cc5)CC[C@@]4(C)[C@]3(C)CC[C@H]2C1(C)C. The number of carbonyl (C=O) groups is 3. The third-order valence-corrected chi connectivity index (χ3v) is 15.7. The molecule has 0 aliphatic heterocycles. The molecule has 6 rings (SSSR count). The topological polar surface area (TPSA) is 78.9 Å². The molecule has 1 N–H and O–H groups in total. The normalized spacial score (nSPS) is 37.0. The van der Waals surface area contributed by atoms with Crippen molar-refractivity contribution >= 4 is 29.4 Å². The number of Topliss-reactive ketones (excluding diaryl/α,β-unsaturated/α-hetero) is 1. The zero-order valence-electron chi connectivity index (χ0n) is 33.1. The van der Waals surface area contributed by atoms with Gasteiger partial charge in [-0.05, 0) is 134 Å². The molecule has 1 aromatic rings. The van der Waals surface area contributed by atoms with Gasteiger partial charge in [0.15, 0.2) is 5.78 Å². The average molecular weight is 722 g/mol. The van der Waals surface area contributed by atoms with Crippen LogP contribution in [0.25, 0.3) is 0 Å². The first-order valence-corrected chi connectivity index (χ1v) is 20.1. The van der Waals surface area contributed by atoms with Crippen LogP contribution in [0, 0.1) is 45.3 Å². The van der Waals surface area contributed by atoms with Gasteiger partial charge in [-0.25, -0.2) is 4.79 Å². The Morgan fingerprint density at radius 1 is 0.902 bits per heavy atom. The first kappa shape index (κ1) is 38.3. The number of benzene rings is 1. The molecule has 0 radical (unpaired) electrons. The number of esters is 1. The summed E-state index contributed by atoms with van der Waals surface area (Å²) in [5, 5.41) is 4.28. The minimum Gasteiger partial charge on any atom is -0.462 e. The van der Waals surface area contributed by atoms with Gasteiger partial charge < -0.3 is 19.9 Å². The summed E-state index contributed by atoms with van der Waals surface area (Å²) in [6.07, 6.45) is 8.52. The number of ether oxygens (including phenoxy) is 1. The molecule has 4 saturated carbocycles. The molecule has 51 heavy (non-hydrogen) atoms. The van der Waals surface area contributed by atoms with E-state index in [9.17, 15) is 14.4 Å². The highest BCUT2D eigenvalue weighted by molar-refractivity contribution is 6.30. The van der Waals surface area contributed by atoms with Crippen molar-refractivity contribution in [2.24, 2.45) is 45.3 Å². The number of fused-ring (bicyclic) bond motifs is 7. The fraction of sp³-hybridized carbons (Fsp3) is 0.744. The summed E-state index contributed by atoms with van der Waals surface area (Å²) in [4.78, 5) is 44.8. The van der Waals surface area contributed by atoms with Gasteiger partial charge in [-0.1, -0.05) is 72.2 Å². The van der Waals surface area contributed by atoms with Crippen LogP contribution in [-0.4, -0.2) is 66.4 Å². The van der Waals surface area contributed by atoms with Crippen LogP contribution in [0.5, 0.6) is 0 Å². The Kier molecular flexibility index (Phi) is 10.1. The molecule has 4 fully saturated rings. The van der Waals surface area contributed by atoms with Gasteiger partial charge in [0.2, 0.25) is 0 Å². The number of amides is 2. The molecule has 282 valence electrons. The van der Waals surface area contributed by atoms with Gasteiger partial charge in [0.05, 0.1) is 5.54 Å². The molecule has 0 saturated heterocycles. The predicted octanol–water partition coefficient (Wildman–Crippen LogP) is 9.08. The van der Waals surface area contributed by atoms with Crippen molar-refractivity contribution in [3.05, 3.63) is 46.0 Å². The Bertz CT molecular complexity index is 1570. The van der Waals surface area contributed by atoms with E-state index in [2.05, 4.69) is 58.7 Å². The molecule has 0 spiro atoms. The molecule has 0 aromatic heterocycles. The van der Waals surface area contributed by atoms with Crippen molar-refractivity contribution in [1.82, 2.24) is 15.1 Å². The molecule has 8 atom stereocenters. The minimum atomic E-state index is -0.650. The molecule has 5 aliphatic carbocycles. The lowest BCUT2D eigenvalue weighted by Crippen LogP contribution is -2.67. The second-order valence-electron chi connectivity index (χ2n) is 19.0. The smallest absolute Gasteiger partial charge is 0.318 e. The van der Waals surface area contributed by atoms with Crippen molar-refractivity contribution in [2.75, 3.05) is 27.2 Å². The maximum atomic E-state index is 14.5. The summed E-state index contributed by atoms with van der Waals surface area (Å²) in [6, 6.07) is 7.64. The average Bonchev–Trinajstić information content (AvgIpc) is 3.33. The van der Waals surface area contributed by atoms with Crippen molar-refractivity contribution < 1.29 is 19.1 Å². The Morgan fingerprint density at radius 3 is 2.22 bits per heavy atom. The van der Waals surface area contributed by atoms with Crippen LogP contribution < -0.4 is 5.32 Å². The van der Waals surface area contributed by atoms with E-state index < -0.39 is 5.54 Å². The lowest BCUT2D eigenvalue weighted by Gasteiger charge is -2.72. The van der Waals surface area contributed by atoms with Gasteiger partial charge in [-0.3, -0.25) is 9.59 Å². The molecule has 0 bridgehead atoms. The molecule has 7 nitrogen and oxygen atoms in total. The van der Waals surface area contributed by atoms with E-state index in [0.29, 0.717) is 36.4 Å². The van der Waals surface area contributed by atoms with Crippen LogP contribution in [0.4, 0.5) is 4.79 Å². The number of ketones is 1. The van der Waals surface area contributed by atoms with Gasteiger partial charge in [-0.15, -0.1) is 0 Å². The second-order valence-corrected chi connectivity index (χ2v) is 19.5. The molecular weight excluding hydrogens is 658 g/mol. The maximum Gasteiger partial charge on any atom is 0.318 e. The first-order valence-electron chi connectivity index (χ1n) is 19.7. The lowest BCUT2D eigenvalue weighted by molar-refractivity contribution is -0.231. The van der Waals surface area contributed by atoms with Crippen LogP contribution in [-0.2, 0) is 20.9 Å². The summed E-state index contributed by atoms with van der Waals surface area (Å²) in [7, 11) is 4.06. The Balaban J connectivity index is 1.33. The van der Waals surface area contributed by atoms with Crippen molar-refractivity contribution in [1.29, 1.82) is 0 Å². The number of carbonyl (C=O) groups excluding carboxylic acids is 3. The van der Waals surface area contributed by atoms with Crippen LogP contribution >= 0.6 is 11.6 Å². The predicted molar refractivity (Wildman–Crippen MR) is 204 cm³/mol. The first-order chi connectivity index (χ1) is 23.8. The third-order valence-electron chi connectivity index (χ3n) is 15.4. The highest BCUT2D eigenvalue weighted by atomic mass is 35.5. The summed E-state index contributed by atoms with van der Waals surface area (Å²) >= 11 is 6.20. The molecule has 2 amide bonds. The fourth-order valence-corrected chi connectivity index (χ4v) is 12.9. The number of halogens is 1. The summed E-state index contributed by atoms with van der Waals surface area (Å²) in [5.41, 5.74) is 2.78. The molecule has 1 unspecified atom stereocenters. The second kappa shape index (κ2) is 13.5. The molecule has 0 heterocycles. The quantitative estimate of drug-likeness (QED) is 0.271. The van der Waals surface area contributed by atoms with Crippen LogP contribution in [0.2, 0.25) is 5.02 Å². The van der Waals surface area contributed by atoms with Crippen LogP contribution in [0.3, 0.4) is 0 Å². The summed E-state index contributed by atoms with van der Waals surface area (Å²) in [5.74, 6) is 1.42. The molecule has 8 heteroatoms. The molecular formula is C43H64ClN3O4. The number of urea groups is 1. The lowest BCUT2D eigenvalue weighted by atomic mass is 9.33. The molecule has 1 aromatic carbocycles. The van der Waals surface area contributed by atoms with E-state index in [1.54, 1.807) is 6.92 Å². The monoisotopic (exact) mass is 721 g/mol. The maximum absolute atomic E-state index is 14.5. The van der Waals surface area contributed by atoms with Crippen molar-refractivity contribution in [2.45, 2.75) is 131 Å². The van der Waals surface area contributed by atoms with E-state index in [4.69, 9.17) is 16.3 Å². The Labute approximate surface area is 312 Å². The number of likely N-dealkylation sites (N-methyl/N-ethyl adjacent to an activating group) is 1. The fourth-order valence-electron chi connectivity index (χ4n) is 12.8. The highest BCUT2D eigenvalue weighted by Crippen LogP contribution is 2.75. The third kappa shape index (κ3) is 6.28. The van der Waals surface area contributed by atoms with Gasteiger partial charge >= 0.3 is 12.0 Å². The number of hydrogen-bond acceptors (Lipinski definition) is 5. The number of allylic oxidation sites excluding steroid dienone is 1. The zero-order valence-corrected chi connectivity index (χ0v) is 33.8. The van der Waals surface area contributed by atoms with Gasteiger partial charge in [0.1, 0.15) is 6.10 Å². The highest BCUT2D eigenvalue weighted by Gasteiger charge is 2.70. The van der Waals surface area contributed by atoms with Crippen LogP contribution in [0.1, 0.15) is 119 Å². The largest absolute Gasteiger partial charge is 0.462 e. The summed E-state index contributed by atoms with van der Waals surface area (Å²) < 4.78 is 5.96. The van der Waals surface area contributed by atoms with Crippen LogP contribution in [0.15, 0.2) is 35.4 Å². The molecule has 5 aliphatic rings. The summed E-state index contributed by atoms with van der Waals surface area (Å²) in [6.45, 7) is 20.1. The van der Waals surface area contributed by atoms with E-state index in [1.807, 2.05) is 43.3 Å². The minimum absolute atomic E-state index is 0.00299. The van der Waals surface area contributed by atoms with Gasteiger partial charge in [0, 0.05) is 43.4 Å². The number of nitrogens with one attached hydrogen (secondary N) is 1. The van der Waals surface area contributed by atoms with Crippen molar-refractivity contribution in [3.8, 4) is 0 Å². The zero-order chi connectivity index (χ0) is 37.3. The van der Waals surface area contributed by atoms with E-state index in [0.717, 1.165) is 69.0 Å². The Hall–Kier alpha value is -2.38. The van der Waals surface area contributed by atoms with Gasteiger partial charge in [0.25, 0.3) is 0 Å². The Morgan fingerprint density at radius 2 is 1.59 bits per heavy atom. The van der Waals surface area contributed by atoms with E-state index >= 15 is 0 Å². The van der Waals surface area contributed by atoms with E-state index in [-0.39, 0.29) is 57.4 Å². The van der Waals surface area contributed by atoms with Crippen molar-refractivity contribution in [3.63, 3.8) is 0 Å².